The molecule has 4 aliphatic heterocycles. The lowest BCUT2D eigenvalue weighted by Crippen LogP contribution is -2.54. The van der Waals surface area contributed by atoms with Crippen molar-refractivity contribution in [1.29, 1.82) is 0 Å². The van der Waals surface area contributed by atoms with E-state index in [0.717, 1.165) is 81.3 Å². The van der Waals surface area contributed by atoms with Gasteiger partial charge in [0.25, 0.3) is 0 Å². The fourth-order valence-electron chi connectivity index (χ4n) is 11.1. The molecular formula is C48H52N8O8. The minimum absolute atomic E-state index is 0.0322. The van der Waals surface area contributed by atoms with Crippen molar-refractivity contribution in [3.05, 3.63) is 71.3 Å². The van der Waals surface area contributed by atoms with Crippen LogP contribution in [-0.4, -0.2) is 119 Å². The third kappa shape index (κ3) is 7.47. The molecule has 16 nitrogen and oxygen atoms in total. The Balaban J connectivity index is 0.814. The molecule has 0 unspecified atom stereocenters. The van der Waals surface area contributed by atoms with Crippen LogP contribution in [0.15, 0.2) is 48.5 Å². The Bertz CT molecular complexity index is 2730. The van der Waals surface area contributed by atoms with Crippen LogP contribution in [0, 0.1) is 35.5 Å². The number of aromatic amines is 2. The molecule has 0 bridgehead atoms. The zero-order valence-corrected chi connectivity index (χ0v) is 35.9. The highest BCUT2D eigenvalue weighted by molar-refractivity contribution is 6.04. The average Bonchev–Trinajstić information content (AvgIpc) is 3.98. The molecule has 0 radical (unpaired) electrons. The summed E-state index contributed by atoms with van der Waals surface area (Å²) in [6, 6.07) is 14.6. The summed E-state index contributed by atoms with van der Waals surface area (Å²) in [6.45, 7) is 2.23. The Kier molecular flexibility index (Phi) is 10.4. The van der Waals surface area contributed by atoms with Gasteiger partial charge in [-0.3, -0.25) is 9.59 Å². The quantitative estimate of drug-likeness (QED) is 0.142. The predicted octanol–water partition coefficient (Wildman–Crippen LogP) is 5.62. The number of ether oxygens (including phenoxy) is 4. The second-order valence-electron chi connectivity index (χ2n) is 18.4. The molecule has 2 aromatic heterocycles. The van der Waals surface area contributed by atoms with Gasteiger partial charge in [-0.2, -0.15) is 0 Å². The number of amides is 4. The first-order chi connectivity index (χ1) is 31.2. The second kappa shape index (κ2) is 16.4. The van der Waals surface area contributed by atoms with E-state index in [9.17, 15) is 19.2 Å². The molecule has 4 saturated heterocycles. The van der Waals surface area contributed by atoms with E-state index < -0.39 is 24.3 Å². The minimum Gasteiger partial charge on any atom is -0.453 e. The van der Waals surface area contributed by atoms with Crippen molar-refractivity contribution in [2.45, 2.75) is 87.6 Å². The number of alkyl carbamates (subject to hydrolysis) is 2. The number of H-pyrrole nitrogens is 2. The summed E-state index contributed by atoms with van der Waals surface area (Å²) in [5.41, 5.74) is 5.07. The van der Waals surface area contributed by atoms with Crippen molar-refractivity contribution in [3.63, 3.8) is 0 Å². The van der Waals surface area contributed by atoms with Gasteiger partial charge >= 0.3 is 12.2 Å². The van der Waals surface area contributed by atoms with Gasteiger partial charge in [-0.15, -0.1) is 0 Å². The Morgan fingerprint density at radius 3 is 1.78 bits per heavy atom. The van der Waals surface area contributed by atoms with E-state index in [4.69, 9.17) is 28.9 Å². The zero-order chi connectivity index (χ0) is 43.6. The van der Waals surface area contributed by atoms with Crippen LogP contribution in [0.3, 0.4) is 0 Å². The van der Waals surface area contributed by atoms with E-state index in [0.29, 0.717) is 63.9 Å². The normalized spacial score (nSPS) is 26.2. The summed E-state index contributed by atoms with van der Waals surface area (Å²) >= 11 is 0. The summed E-state index contributed by atoms with van der Waals surface area (Å²) in [7, 11) is 2.64. The number of fused-ring (bicyclic) bond motifs is 6. The number of methoxy groups -OCH3 is 2. The summed E-state index contributed by atoms with van der Waals surface area (Å²) in [6.07, 6.45) is 5.13. The van der Waals surface area contributed by atoms with Gasteiger partial charge in [-0.05, 0) is 117 Å². The third-order valence-electron chi connectivity index (χ3n) is 14.6. The number of hydrogen-bond donors (Lipinski definition) is 4. The Morgan fingerprint density at radius 2 is 1.20 bits per heavy atom. The summed E-state index contributed by atoms with van der Waals surface area (Å²) in [5, 5.41) is 7.71. The molecule has 332 valence electrons. The highest BCUT2D eigenvalue weighted by Crippen LogP contribution is 2.55. The van der Waals surface area contributed by atoms with Crippen molar-refractivity contribution >= 4 is 56.8 Å². The topological polar surface area (TPSA) is 193 Å². The van der Waals surface area contributed by atoms with E-state index in [1.165, 1.54) is 14.2 Å². The average molecular weight is 869 g/mol. The van der Waals surface area contributed by atoms with Gasteiger partial charge in [-0.1, -0.05) is 24.0 Å². The smallest absolute Gasteiger partial charge is 0.407 e. The molecule has 6 heterocycles. The van der Waals surface area contributed by atoms with E-state index >= 15 is 0 Å². The maximum atomic E-state index is 14.3. The summed E-state index contributed by atoms with van der Waals surface area (Å²) < 4.78 is 21.0. The number of imidazole rings is 2. The standard InChI is InChI=1S/C48H52N8O8/c1-61-47(59)53-40(27-11-15-63-16-12-27)45(57)55-36-21-30(36)23-38(55)43-49-33-9-6-26(20-35(33)51-43)4-3-25-5-8-32-29(19-25)7-10-34-42(32)52-44(50-34)39-24-31-22-37(31)56(39)46(58)41(54-48(60)62-2)28-13-17-64-18-14-28/h5-10,19-20,27-28,30-31,36-41H,11-18,21-24H2,1-2H3,(H,49,51)(H,50,52)(H,53,59)(H,54,60)/t30-,31-,36-,37-,38+,39+,40-,41-/m1/s1. The van der Waals surface area contributed by atoms with Crippen LogP contribution < -0.4 is 10.6 Å². The number of aromatic nitrogens is 4. The highest BCUT2D eigenvalue weighted by atomic mass is 16.5. The molecule has 2 aliphatic carbocycles. The molecule has 4 N–H and O–H groups in total. The van der Waals surface area contributed by atoms with Gasteiger partial charge in [-0.25, -0.2) is 19.6 Å². The number of carbonyl (C=O) groups excluding carboxylic acids is 4. The van der Waals surface area contributed by atoms with Crippen LogP contribution in [0.5, 0.6) is 0 Å². The maximum Gasteiger partial charge on any atom is 0.407 e. The first-order valence-electron chi connectivity index (χ1n) is 22.7. The summed E-state index contributed by atoms with van der Waals surface area (Å²) in [5.74, 6) is 8.79. The van der Waals surface area contributed by atoms with Crippen molar-refractivity contribution in [1.82, 2.24) is 40.4 Å². The molecule has 6 aliphatic rings. The van der Waals surface area contributed by atoms with Gasteiger partial charge in [0.1, 0.15) is 23.7 Å². The van der Waals surface area contributed by atoms with Gasteiger partial charge in [0.05, 0.1) is 48.4 Å². The van der Waals surface area contributed by atoms with Crippen molar-refractivity contribution in [2.75, 3.05) is 40.6 Å². The lowest BCUT2D eigenvalue weighted by atomic mass is 9.90. The maximum absolute atomic E-state index is 14.3. The van der Waals surface area contributed by atoms with Gasteiger partial charge in [0.15, 0.2) is 0 Å². The van der Waals surface area contributed by atoms with E-state index in [-0.39, 0.29) is 47.8 Å². The largest absolute Gasteiger partial charge is 0.453 e. The molecular weight excluding hydrogens is 817 g/mol. The van der Waals surface area contributed by atoms with Crippen molar-refractivity contribution < 1.29 is 38.1 Å². The Labute approximate surface area is 369 Å². The van der Waals surface area contributed by atoms with Crippen LogP contribution in [0.4, 0.5) is 9.59 Å². The second-order valence-corrected chi connectivity index (χ2v) is 18.4. The van der Waals surface area contributed by atoms with Crippen LogP contribution in [0.1, 0.15) is 86.2 Å². The lowest BCUT2D eigenvalue weighted by Gasteiger charge is -2.35. The van der Waals surface area contributed by atoms with Gasteiger partial charge < -0.3 is 49.3 Å². The molecule has 16 heteroatoms. The summed E-state index contributed by atoms with van der Waals surface area (Å²) in [4.78, 5) is 74.5. The number of nitrogens with zero attached hydrogens (tertiary/aromatic N) is 4. The number of hydrogen-bond acceptors (Lipinski definition) is 10. The molecule has 3 aromatic carbocycles. The number of nitrogens with one attached hydrogen (secondary N) is 4. The molecule has 5 aromatic rings. The molecule has 64 heavy (non-hydrogen) atoms. The van der Waals surface area contributed by atoms with Crippen LogP contribution in [0.25, 0.3) is 32.8 Å². The number of benzene rings is 3. The van der Waals surface area contributed by atoms with E-state index in [1.54, 1.807) is 0 Å². The number of likely N-dealkylation sites (tertiary alicyclic amines) is 2. The lowest BCUT2D eigenvalue weighted by molar-refractivity contribution is -0.138. The molecule has 8 atom stereocenters. The van der Waals surface area contributed by atoms with Crippen LogP contribution in [-0.2, 0) is 28.5 Å². The van der Waals surface area contributed by atoms with Gasteiger partial charge in [0, 0.05) is 55.0 Å². The monoisotopic (exact) mass is 868 g/mol. The fourth-order valence-corrected chi connectivity index (χ4v) is 11.1. The molecule has 6 fully saturated rings. The van der Waals surface area contributed by atoms with Gasteiger partial charge in [0.2, 0.25) is 11.8 Å². The molecule has 4 amide bonds. The minimum atomic E-state index is -0.688. The Hall–Kier alpha value is -6.18. The van der Waals surface area contributed by atoms with E-state index in [2.05, 4.69) is 50.6 Å². The zero-order valence-electron chi connectivity index (χ0n) is 35.9. The first-order valence-corrected chi connectivity index (χ1v) is 22.7. The van der Waals surface area contributed by atoms with Crippen LogP contribution >= 0.6 is 0 Å². The molecule has 0 spiro atoms. The SMILES string of the molecule is COC(=O)N[C@@H](C(=O)N1[C@@H]2C[C@@H]2C[C@H]1c1nc2ccc(C#Cc3ccc4c(ccc5[nH]c([C@@H]6C[C@H]7C[C@H]7N6C(=O)[C@H](NC(=O)OC)C6CCOCC6)nc54)c3)cc2[nH]1)C1CCOCC1. The third-order valence-corrected chi connectivity index (χ3v) is 14.6. The first kappa shape index (κ1) is 40.6. The number of carbonyl (C=O) groups is 4. The van der Waals surface area contributed by atoms with E-state index in [1.807, 2.05) is 40.1 Å². The number of rotatable bonds is 8. The molecule has 2 saturated carbocycles. The van der Waals surface area contributed by atoms with Crippen molar-refractivity contribution in [3.8, 4) is 11.8 Å². The van der Waals surface area contributed by atoms with Crippen molar-refractivity contribution in [2.24, 2.45) is 23.7 Å². The predicted molar refractivity (Wildman–Crippen MR) is 234 cm³/mol. The number of piperidine rings is 2. The fraction of sp³-hybridized carbons (Fsp3) is 0.500. The highest BCUT2D eigenvalue weighted by Gasteiger charge is 2.58. The van der Waals surface area contributed by atoms with Crippen LogP contribution in [0.2, 0.25) is 0 Å². The molecule has 11 rings (SSSR count). The Morgan fingerprint density at radius 1 is 0.672 bits per heavy atom.